The van der Waals surface area contributed by atoms with Gasteiger partial charge in [0, 0.05) is 31.1 Å². The van der Waals surface area contributed by atoms with Gasteiger partial charge < -0.3 is 14.7 Å². The predicted octanol–water partition coefficient (Wildman–Crippen LogP) is 2.29. The Hall–Kier alpha value is -2.70. The smallest absolute Gasteiger partial charge is 0.313 e. The number of nitrogens with one attached hydrogen (secondary N) is 1. The first-order valence-electron chi connectivity index (χ1n) is 8.56. The number of rotatable bonds is 3. The van der Waals surface area contributed by atoms with Crippen LogP contribution in [0.15, 0.2) is 28.8 Å². The zero-order valence-electron chi connectivity index (χ0n) is 14.5. The summed E-state index contributed by atoms with van der Waals surface area (Å²) in [7, 11) is 0. The summed E-state index contributed by atoms with van der Waals surface area (Å²) in [4.78, 5) is 30.7. The molecule has 7 nitrogen and oxygen atoms in total. The fourth-order valence-electron chi connectivity index (χ4n) is 3.00. The van der Waals surface area contributed by atoms with Crippen molar-refractivity contribution in [1.29, 1.82) is 0 Å². The molecule has 1 unspecified atom stereocenters. The number of benzene rings is 1. The van der Waals surface area contributed by atoms with Crippen molar-refractivity contribution in [3.05, 3.63) is 41.5 Å². The lowest BCUT2D eigenvalue weighted by atomic mass is 9.97. The number of aromatic nitrogens is 2. The van der Waals surface area contributed by atoms with E-state index in [0.29, 0.717) is 36.9 Å². The van der Waals surface area contributed by atoms with E-state index in [2.05, 4.69) is 15.5 Å². The van der Waals surface area contributed by atoms with Crippen molar-refractivity contribution < 1.29 is 14.1 Å². The standard InChI is InChI=1S/C18H22N4O3/c1-3-15-20-16(21-25-15)13-7-5-9-22(11-13)18(24)17(23)19-14-8-4-6-12(2)10-14/h4,6,8,10,13H,3,5,7,9,11H2,1-2H3,(H,19,23). The molecule has 1 fully saturated rings. The van der Waals surface area contributed by atoms with Gasteiger partial charge in [-0.15, -0.1) is 0 Å². The Labute approximate surface area is 146 Å². The van der Waals surface area contributed by atoms with E-state index in [1.165, 1.54) is 0 Å². The van der Waals surface area contributed by atoms with Gasteiger partial charge in [-0.1, -0.05) is 24.2 Å². The van der Waals surface area contributed by atoms with Crippen LogP contribution in [-0.4, -0.2) is 39.9 Å². The Morgan fingerprint density at radius 3 is 2.96 bits per heavy atom. The first-order chi connectivity index (χ1) is 12.1. The van der Waals surface area contributed by atoms with Crippen LogP contribution in [0, 0.1) is 6.92 Å². The number of amides is 2. The number of piperidine rings is 1. The molecule has 2 heterocycles. The average Bonchev–Trinajstić information content (AvgIpc) is 3.10. The van der Waals surface area contributed by atoms with Gasteiger partial charge in [0.1, 0.15) is 0 Å². The maximum absolute atomic E-state index is 12.5. The number of hydrogen-bond donors (Lipinski definition) is 1. The van der Waals surface area contributed by atoms with Crippen LogP contribution in [0.25, 0.3) is 0 Å². The van der Waals surface area contributed by atoms with Gasteiger partial charge in [0.15, 0.2) is 5.82 Å². The van der Waals surface area contributed by atoms with Gasteiger partial charge in [0.25, 0.3) is 0 Å². The molecule has 1 aliphatic rings. The van der Waals surface area contributed by atoms with Crippen molar-refractivity contribution in [2.75, 3.05) is 18.4 Å². The quantitative estimate of drug-likeness (QED) is 0.865. The molecule has 132 valence electrons. The second-order valence-corrected chi connectivity index (χ2v) is 6.31. The molecule has 1 aromatic heterocycles. The van der Waals surface area contributed by atoms with E-state index in [1.807, 2.05) is 32.0 Å². The van der Waals surface area contributed by atoms with Gasteiger partial charge in [-0.05, 0) is 37.5 Å². The Morgan fingerprint density at radius 2 is 2.24 bits per heavy atom. The number of carbonyl (C=O) groups excluding carboxylic acids is 2. The summed E-state index contributed by atoms with van der Waals surface area (Å²) in [5.41, 5.74) is 1.64. The third-order valence-electron chi connectivity index (χ3n) is 4.33. The maximum Gasteiger partial charge on any atom is 0.313 e. The lowest BCUT2D eigenvalue weighted by Crippen LogP contribution is -2.44. The van der Waals surface area contributed by atoms with E-state index in [9.17, 15) is 9.59 Å². The molecule has 1 aromatic carbocycles. The van der Waals surface area contributed by atoms with Crippen LogP contribution in [0.2, 0.25) is 0 Å². The zero-order valence-corrected chi connectivity index (χ0v) is 14.5. The van der Waals surface area contributed by atoms with E-state index < -0.39 is 11.8 Å². The highest BCUT2D eigenvalue weighted by atomic mass is 16.5. The molecule has 7 heteroatoms. The molecule has 1 N–H and O–H groups in total. The van der Waals surface area contributed by atoms with Crippen molar-refractivity contribution in [1.82, 2.24) is 15.0 Å². The second kappa shape index (κ2) is 7.46. The minimum Gasteiger partial charge on any atom is -0.339 e. The van der Waals surface area contributed by atoms with Crippen molar-refractivity contribution in [3.8, 4) is 0 Å². The van der Waals surface area contributed by atoms with Crippen LogP contribution in [-0.2, 0) is 16.0 Å². The van der Waals surface area contributed by atoms with Gasteiger partial charge in [0.2, 0.25) is 5.89 Å². The molecule has 2 amide bonds. The molecule has 1 aliphatic heterocycles. The minimum atomic E-state index is -0.617. The Bertz CT molecular complexity index is 771. The van der Waals surface area contributed by atoms with E-state index in [4.69, 9.17) is 4.52 Å². The van der Waals surface area contributed by atoms with Crippen LogP contribution in [0.3, 0.4) is 0 Å². The number of anilines is 1. The normalized spacial score (nSPS) is 17.4. The first kappa shape index (κ1) is 17.1. The Balaban J connectivity index is 1.64. The summed E-state index contributed by atoms with van der Waals surface area (Å²) < 4.78 is 5.16. The first-order valence-corrected chi connectivity index (χ1v) is 8.56. The summed E-state index contributed by atoms with van der Waals surface area (Å²) in [6.07, 6.45) is 2.37. The monoisotopic (exact) mass is 342 g/mol. The Kier molecular flexibility index (Phi) is 5.11. The third-order valence-corrected chi connectivity index (χ3v) is 4.33. The molecular weight excluding hydrogens is 320 g/mol. The molecule has 2 aromatic rings. The van der Waals surface area contributed by atoms with Gasteiger partial charge >= 0.3 is 11.8 Å². The SMILES string of the molecule is CCc1nc(C2CCCN(C(=O)C(=O)Nc3cccc(C)c3)C2)no1. The van der Waals surface area contributed by atoms with Crippen LogP contribution in [0.1, 0.15) is 43.0 Å². The molecule has 0 aliphatic carbocycles. The summed E-state index contributed by atoms with van der Waals surface area (Å²) in [6.45, 7) is 4.88. The summed E-state index contributed by atoms with van der Waals surface area (Å²) in [6, 6.07) is 7.37. The second-order valence-electron chi connectivity index (χ2n) is 6.31. The van der Waals surface area contributed by atoms with Crippen molar-refractivity contribution in [2.45, 2.75) is 39.0 Å². The van der Waals surface area contributed by atoms with E-state index in [-0.39, 0.29) is 5.92 Å². The lowest BCUT2D eigenvalue weighted by molar-refractivity contribution is -0.144. The van der Waals surface area contributed by atoms with E-state index in [1.54, 1.807) is 11.0 Å². The van der Waals surface area contributed by atoms with E-state index >= 15 is 0 Å². The largest absolute Gasteiger partial charge is 0.339 e. The molecule has 0 bridgehead atoms. The number of likely N-dealkylation sites (tertiary alicyclic amines) is 1. The third kappa shape index (κ3) is 4.04. The number of hydrogen-bond acceptors (Lipinski definition) is 5. The fourth-order valence-corrected chi connectivity index (χ4v) is 3.00. The fraction of sp³-hybridized carbons (Fsp3) is 0.444. The highest BCUT2D eigenvalue weighted by molar-refractivity contribution is 6.39. The average molecular weight is 342 g/mol. The topological polar surface area (TPSA) is 88.3 Å². The highest BCUT2D eigenvalue weighted by Crippen LogP contribution is 2.25. The van der Waals surface area contributed by atoms with Crippen LogP contribution >= 0.6 is 0 Å². The van der Waals surface area contributed by atoms with Crippen molar-refractivity contribution in [2.24, 2.45) is 0 Å². The minimum absolute atomic E-state index is 0.00789. The molecule has 0 radical (unpaired) electrons. The van der Waals surface area contributed by atoms with Gasteiger partial charge in [-0.25, -0.2) is 0 Å². The highest BCUT2D eigenvalue weighted by Gasteiger charge is 2.30. The predicted molar refractivity (Wildman–Crippen MR) is 92.0 cm³/mol. The summed E-state index contributed by atoms with van der Waals surface area (Å²) >= 11 is 0. The number of carbonyl (C=O) groups is 2. The van der Waals surface area contributed by atoms with Crippen molar-refractivity contribution >= 4 is 17.5 Å². The number of nitrogens with zero attached hydrogens (tertiary/aromatic N) is 3. The van der Waals surface area contributed by atoms with Crippen molar-refractivity contribution in [3.63, 3.8) is 0 Å². The molecule has 3 rings (SSSR count). The zero-order chi connectivity index (χ0) is 17.8. The maximum atomic E-state index is 12.5. The molecule has 1 saturated heterocycles. The van der Waals surface area contributed by atoms with Crippen LogP contribution in [0.4, 0.5) is 5.69 Å². The molecule has 25 heavy (non-hydrogen) atoms. The number of aryl methyl sites for hydroxylation is 2. The summed E-state index contributed by atoms with van der Waals surface area (Å²) in [5, 5.41) is 6.67. The molecule has 1 atom stereocenters. The van der Waals surface area contributed by atoms with Gasteiger partial charge in [-0.3, -0.25) is 9.59 Å². The summed E-state index contributed by atoms with van der Waals surface area (Å²) in [5.74, 6) is 0.0802. The molecule has 0 spiro atoms. The van der Waals surface area contributed by atoms with Gasteiger partial charge in [0.05, 0.1) is 0 Å². The lowest BCUT2D eigenvalue weighted by Gasteiger charge is -2.30. The van der Waals surface area contributed by atoms with E-state index in [0.717, 1.165) is 18.4 Å². The van der Waals surface area contributed by atoms with Crippen LogP contribution in [0.5, 0.6) is 0 Å². The van der Waals surface area contributed by atoms with Crippen LogP contribution < -0.4 is 5.32 Å². The molecular formula is C18H22N4O3. The molecule has 0 saturated carbocycles. The van der Waals surface area contributed by atoms with Gasteiger partial charge in [-0.2, -0.15) is 4.98 Å². The Morgan fingerprint density at radius 1 is 1.40 bits per heavy atom.